The molecule has 1 aromatic heterocycles. The number of benzene rings is 3. The molecule has 0 aliphatic carbocycles. The zero-order valence-corrected chi connectivity index (χ0v) is 16.1. The number of H-pyrrole nitrogens is 1. The van der Waals surface area contributed by atoms with Crippen molar-refractivity contribution in [2.24, 2.45) is 0 Å². The first kappa shape index (κ1) is 17.3. The quantitative estimate of drug-likeness (QED) is 0.484. The predicted octanol–water partition coefficient (Wildman–Crippen LogP) is 5.02. The van der Waals surface area contributed by atoms with Crippen LogP contribution in [0.3, 0.4) is 0 Å². The van der Waals surface area contributed by atoms with Gasteiger partial charge in [0.1, 0.15) is 5.75 Å². The number of ether oxygens (including phenoxy) is 1. The molecular weight excluding hydrogens is 344 g/mol. The van der Waals surface area contributed by atoms with Crippen LogP contribution >= 0.6 is 0 Å². The first-order valence-corrected chi connectivity index (χ1v) is 10.3. The highest BCUT2D eigenvalue weighted by atomic mass is 16.5. The Labute approximate surface area is 165 Å². The zero-order valence-electron chi connectivity index (χ0n) is 16.1. The monoisotopic (exact) mass is 370 g/mol. The van der Waals surface area contributed by atoms with Crippen LogP contribution in [0.15, 0.2) is 60.7 Å². The lowest BCUT2D eigenvalue weighted by Gasteiger charge is -2.10. The normalized spacial score (nSPS) is 14.1. The third-order valence-electron chi connectivity index (χ3n) is 5.80. The van der Waals surface area contributed by atoms with Gasteiger partial charge in [0.25, 0.3) is 0 Å². The van der Waals surface area contributed by atoms with Crippen molar-refractivity contribution in [2.75, 3.05) is 19.7 Å². The van der Waals surface area contributed by atoms with E-state index < -0.39 is 0 Å². The molecule has 2 heterocycles. The smallest absolute Gasteiger partial charge is 0.127 e. The number of aryl methyl sites for hydroxylation is 1. The molecule has 142 valence electrons. The summed E-state index contributed by atoms with van der Waals surface area (Å²) < 4.78 is 6.15. The Kier molecular flexibility index (Phi) is 4.76. The Morgan fingerprint density at radius 2 is 1.71 bits per heavy atom. The van der Waals surface area contributed by atoms with Crippen molar-refractivity contribution in [3.05, 3.63) is 77.5 Å². The summed E-state index contributed by atoms with van der Waals surface area (Å²) in [7, 11) is 0. The van der Waals surface area contributed by atoms with Gasteiger partial charge < -0.3 is 15.0 Å². The maximum absolute atomic E-state index is 6.15. The Hall–Kier alpha value is -2.78. The van der Waals surface area contributed by atoms with Gasteiger partial charge in [0.15, 0.2) is 0 Å². The van der Waals surface area contributed by atoms with Gasteiger partial charge in [0.05, 0.1) is 6.61 Å². The third kappa shape index (κ3) is 3.27. The first-order valence-electron chi connectivity index (χ1n) is 10.3. The summed E-state index contributed by atoms with van der Waals surface area (Å²) in [4.78, 5) is 3.66. The van der Waals surface area contributed by atoms with Crippen LogP contribution in [0.1, 0.15) is 23.2 Å². The van der Waals surface area contributed by atoms with Crippen LogP contribution in [0.5, 0.6) is 5.75 Å². The maximum atomic E-state index is 6.15. The van der Waals surface area contributed by atoms with E-state index in [1.54, 1.807) is 0 Å². The van der Waals surface area contributed by atoms with Crippen LogP contribution in [0.2, 0.25) is 0 Å². The van der Waals surface area contributed by atoms with Crippen molar-refractivity contribution in [3.8, 4) is 5.75 Å². The van der Waals surface area contributed by atoms with Crippen molar-refractivity contribution < 1.29 is 4.74 Å². The third-order valence-corrected chi connectivity index (χ3v) is 5.80. The van der Waals surface area contributed by atoms with Gasteiger partial charge in [-0.05, 0) is 54.5 Å². The molecule has 3 aromatic carbocycles. The first-order chi connectivity index (χ1) is 13.9. The summed E-state index contributed by atoms with van der Waals surface area (Å²) in [5, 5.41) is 7.38. The molecule has 0 bridgehead atoms. The number of hydrogen-bond acceptors (Lipinski definition) is 2. The molecular formula is C25H26N2O. The zero-order chi connectivity index (χ0) is 18.8. The second-order valence-corrected chi connectivity index (χ2v) is 7.60. The lowest BCUT2D eigenvalue weighted by atomic mass is 9.99. The van der Waals surface area contributed by atoms with E-state index in [9.17, 15) is 0 Å². The van der Waals surface area contributed by atoms with Gasteiger partial charge in [0, 0.05) is 34.9 Å². The molecule has 3 heteroatoms. The van der Waals surface area contributed by atoms with E-state index in [0.717, 1.165) is 51.1 Å². The van der Waals surface area contributed by atoms with Crippen molar-refractivity contribution in [3.63, 3.8) is 0 Å². The summed E-state index contributed by atoms with van der Waals surface area (Å²) in [5.74, 6) is 0.984. The van der Waals surface area contributed by atoms with Crippen molar-refractivity contribution in [1.82, 2.24) is 10.3 Å². The largest absolute Gasteiger partial charge is 0.493 e. The van der Waals surface area contributed by atoms with Gasteiger partial charge in [-0.1, -0.05) is 48.5 Å². The lowest BCUT2D eigenvalue weighted by molar-refractivity contribution is 0.315. The highest BCUT2D eigenvalue weighted by Crippen LogP contribution is 2.29. The van der Waals surface area contributed by atoms with Gasteiger partial charge in [-0.15, -0.1) is 0 Å². The number of rotatable bonds is 5. The van der Waals surface area contributed by atoms with Crippen molar-refractivity contribution in [2.45, 2.75) is 25.7 Å². The fourth-order valence-corrected chi connectivity index (χ4v) is 4.47. The molecule has 3 nitrogen and oxygen atoms in total. The number of fused-ring (bicyclic) bond motifs is 4. The molecule has 4 aromatic rings. The summed E-state index contributed by atoms with van der Waals surface area (Å²) in [6.45, 7) is 2.87. The summed E-state index contributed by atoms with van der Waals surface area (Å²) in [6, 6.07) is 21.4. The van der Waals surface area contributed by atoms with Crippen molar-refractivity contribution in [1.29, 1.82) is 0 Å². The van der Waals surface area contributed by atoms with Gasteiger partial charge in [-0.3, -0.25) is 0 Å². The van der Waals surface area contributed by atoms with Crippen LogP contribution < -0.4 is 10.1 Å². The molecule has 0 saturated carbocycles. The van der Waals surface area contributed by atoms with Crippen LogP contribution in [-0.2, 0) is 19.3 Å². The van der Waals surface area contributed by atoms with Crippen LogP contribution in [0.4, 0.5) is 0 Å². The van der Waals surface area contributed by atoms with E-state index in [-0.39, 0.29) is 0 Å². The SMILES string of the molecule is c1ccc2c(OCCCc3cccc4[nH]c5c(c34)CCNCC5)cccc2c1. The topological polar surface area (TPSA) is 37.0 Å². The molecule has 2 N–H and O–H groups in total. The number of nitrogens with one attached hydrogen (secondary N) is 2. The minimum atomic E-state index is 0.735. The average molecular weight is 370 g/mol. The second kappa shape index (κ2) is 7.69. The Morgan fingerprint density at radius 3 is 2.71 bits per heavy atom. The molecule has 0 unspecified atom stereocenters. The predicted molar refractivity (Wildman–Crippen MR) is 116 cm³/mol. The minimum absolute atomic E-state index is 0.735. The number of aromatic amines is 1. The molecule has 0 radical (unpaired) electrons. The van der Waals surface area contributed by atoms with Crippen LogP contribution in [0, 0.1) is 0 Å². The summed E-state index contributed by atoms with van der Waals surface area (Å²) in [5.41, 5.74) is 5.67. The Morgan fingerprint density at radius 1 is 0.857 bits per heavy atom. The van der Waals surface area contributed by atoms with E-state index in [1.807, 2.05) is 0 Å². The molecule has 1 aliphatic heterocycles. The van der Waals surface area contributed by atoms with Gasteiger partial charge >= 0.3 is 0 Å². The number of aromatic nitrogens is 1. The minimum Gasteiger partial charge on any atom is -0.493 e. The molecule has 1 aliphatic rings. The summed E-state index contributed by atoms with van der Waals surface area (Å²) >= 11 is 0. The van der Waals surface area contributed by atoms with Gasteiger partial charge in [-0.25, -0.2) is 0 Å². The molecule has 0 atom stereocenters. The Bertz CT molecular complexity index is 1110. The maximum Gasteiger partial charge on any atom is 0.127 e. The molecule has 0 spiro atoms. The van der Waals surface area contributed by atoms with E-state index in [4.69, 9.17) is 4.74 Å². The standard InChI is InChI=1S/C25H26N2O/c1-2-10-20-18(6-1)7-4-12-24(20)28-17-5-9-19-8-3-11-23-25(19)21-13-15-26-16-14-22(21)27-23/h1-4,6-8,10-12,26-27H,5,9,13-17H2. The summed E-state index contributed by atoms with van der Waals surface area (Å²) in [6.07, 6.45) is 4.26. The lowest BCUT2D eigenvalue weighted by Crippen LogP contribution is -2.16. The van der Waals surface area contributed by atoms with Gasteiger partial charge in [-0.2, -0.15) is 0 Å². The highest BCUT2D eigenvalue weighted by Gasteiger charge is 2.16. The van der Waals surface area contributed by atoms with E-state index >= 15 is 0 Å². The Balaban J connectivity index is 1.32. The van der Waals surface area contributed by atoms with Crippen LogP contribution in [-0.4, -0.2) is 24.7 Å². The average Bonchev–Trinajstić information content (AvgIpc) is 2.93. The van der Waals surface area contributed by atoms with E-state index in [1.165, 1.54) is 38.5 Å². The molecule has 0 saturated heterocycles. The second-order valence-electron chi connectivity index (χ2n) is 7.60. The van der Waals surface area contributed by atoms with Crippen LogP contribution in [0.25, 0.3) is 21.7 Å². The fraction of sp³-hybridized carbons (Fsp3) is 0.280. The highest BCUT2D eigenvalue weighted by molar-refractivity contribution is 5.89. The molecule has 5 rings (SSSR count). The fourth-order valence-electron chi connectivity index (χ4n) is 4.47. The molecule has 0 fully saturated rings. The van der Waals surface area contributed by atoms with E-state index in [0.29, 0.717) is 0 Å². The van der Waals surface area contributed by atoms with E-state index in [2.05, 4.69) is 71.0 Å². The number of hydrogen-bond donors (Lipinski definition) is 2. The molecule has 0 amide bonds. The molecule has 28 heavy (non-hydrogen) atoms. The van der Waals surface area contributed by atoms with Crippen molar-refractivity contribution >= 4 is 21.7 Å². The van der Waals surface area contributed by atoms with Gasteiger partial charge in [0.2, 0.25) is 0 Å².